The molecule has 0 radical (unpaired) electrons. The van der Waals surface area contributed by atoms with E-state index in [2.05, 4.69) is 50.8 Å². The topological polar surface area (TPSA) is 97.8 Å². The highest BCUT2D eigenvalue weighted by Gasteiger charge is 2.38. The van der Waals surface area contributed by atoms with E-state index in [1.807, 2.05) is 46.8 Å². The van der Waals surface area contributed by atoms with Crippen molar-refractivity contribution in [2.24, 2.45) is 7.05 Å². The van der Waals surface area contributed by atoms with Gasteiger partial charge in [-0.3, -0.25) is 9.58 Å². The van der Waals surface area contributed by atoms with Crippen LogP contribution in [0.15, 0.2) is 61.1 Å². The lowest BCUT2D eigenvalue weighted by Gasteiger charge is -2.31. The number of aryl methyl sites for hydroxylation is 1. The summed E-state index contributed by atoms with van der Waals surface area (Å²) in [6.45, 7) is 3.25. The zero-order chi connectivity index (χ0) is 25.0. The van der Waals surface area contributed by atoms with Gasteiger partial charge >= 0.3 is 12.1 Å². The van der Waals surface area contributed by atoms with Gasteiger partial charge in [-0.05, 0) is 11.6 Å². The highest BCUT2D eigenvalue weighted by Crippen LogP contribution is 2.27. The molecule has 5 rings (SSSR count). The Morgan fingerprint density at radius 2 is 1.89 bits per heavy atom. The van der Waals surface area contributed by atoms with E-state index in [9.17, 15) is 13.2 Å². The molecule has 1 saturated heterocycles. The van der Waals surface area contributed by atoms with Crippen molar-refractivity contribution in [1.29, 1.82) is 0 Å². The molecule has 1 aliphatic heterocycles. The first-order valence-electron chi connectivity index (χ1n) is 10.7. The molecule has 1 fully saturated rings. The second-order valence-electron chi connectivity index (χ2n) is 8.01. The molecule has 0 saturated carbocycles. The second kappa shape index (κ2) is 10.2. The first kappa shape index (κ1) is 24.4. The van der Waals surface area contributed by atoms with Gasteiger partial charge in [0.25, 0.3) is 0 Å². The Morgan fingerprint density at radius 1 is 1.14 bits per heavy atom. The lowest BCUT2D eigenvalue weighted by atomic mass is 10.1. The molecule has 12 heteroatoms. The summed E-state index contributed by atoms with van der Waals surface area (Å²) in [5.41, 5.74) is 5.39. The van der Waals surface area contributed by atoms with Gasteiger partial charge in [-0.1, -0.05) is 41.6 Å². The Hall–Kier alpha value is -3.77. The number of halogens is 3. The fourth-order valence-corrected chi connectivity index (χ4v) is 3.77. The minimum absolute atomic E-state index is 0.0782. The van der Waals surface area contributed by atoms with Crippen LogP contribution in [0, 0.1) is 0 Å². The molecular formula is C23H23F3N6O3. The average Bonchev–Trinajstić information content (AvgIpc) is 3.45. The number of alkyl halides is 3. The number of hydrogen-bond acceptors (Lipinski definition) is 6. The van der Waals surface area contributed by atoms with E-state index in [-0.39, 0.29) is 6.10 Å². The van der Waals surface area contributed by atoms with Crippen LogP contribution in [-0.2, 0) is 23.1 Å². The van der Waals surface area contributed by atoms with Crippen LogP contribution in [0.5, 0.6) is 0 Å². The number of carboxylic acid groups (broad SMARTS) is 1. The van der Waals surface area contributed by atoms with Gasteiger partial charge in [0.15, 0.2) is 0 Å². The molecule has 3 aromatic heterocycles. The van der Waals surface area contributed by atoms with Crippen LogP contribution in [-0.4, -0.2) is 66.5 Å². The van der Waals surface area contributed by atoms with Crippen LogP contribution in [0.25, 0.3) is 16.6 Å². The summed E-state index contributed by atoms with van der Waals surface area (Å²) in [4.78, 5) is 11.3. The summed E-state index contributed by atoms with van der Waals surface area (Å²) in [7, 11) is 1.94. The third-order valence-corrected chi connectivity index (χ3v) is 5.41. The molecule has 0 amide bonds. The van der Waals surface area contributed by atoms with Crippen molar-refractivity contribution in [3.05, 3.63) is 72.3 Å². The monoisotopic (exact) mass is 488 g/mol. The molecule has 184 valence electrons. The van der Waals surface area contributed by atoms with Gasteiger partial charge in [-0.25, -0.2) is 9.31 Å². The lowest BCUT2D eigenvalue weighted by molar-refractivity contribution is -0.192. The van der Waals surface area contributed by atoms with Crippen molar-refractivity contribution < 1.29 is 27.8 Å². The van der Waals surface area contributed by atoms with E-state index >= 15 is 0 Å². The summed E-state index contributed by atoms with van der Waals surface area (Å²) >= 11 is 0. The maximum absolute atomic E-state index is 10.6. The SMILES string of the molecule is Cn1cc(CN2CCOC(c3nnn4cc(-c5ccccc5)ccc34)C2)cn1.O=C(O)C(F)(F)F. The number of benzene rings is 1. The second-order valence-corrected chi connectivity index (χ2v) is 8.01. The van der Waals surface area contributed by atoms with E-state index in [0.29, 0.717) is 6.61 Å². The summed E-state index contributed by atoms with van der Waals surface area (Å²) in [6.07, 6.45) is 0.842. The van der Waals surface area contributed by atoms with Crippen molar-refractivity contribution in [2.45, 2.75) is 18.8 Å². The van der Waals surface area contributed by atoms with Gasteiger partial charge in [0.2, 0.25) is 0 Å². The van der Waals surface area contributed by atoms with Crippen LogP contribution in [0.3, 0.4) is 0 Å². The molecule has 1 atom stereocenters. The van der Waals surface area contributed by atoms with Crippen LogP contribution < -0.4 is 0 Å². The van der Waals surface area contributed by atoms with Gasteiger partial charge in [0.05, 0.1) is 18.3 Å². The quantitative estimate of drug-likeness (QED) is 0.471. The molecule has 0 spiro atoms. The molecule has 1 aromatic carbocycles. The third kappa shape index (κ3) is 6.03. The molecule has 4 heterocycles. The Morgan fingerprint density at radius 3 is 2.54 bits per heavy atom. The van der Waals surface area contributed by atoms with Crippen molar-refractivity contribution in [3.63, 3.8) is 0 Å². The fraction of sp³-hybridized carbons (Fsp3) is 0.304. The normalized spacial score (nSPS) is 16.6. The Bertz CT molecular complexity index is 1290. The zero-order valence-corrected chi connectivity index (χ0v) is 18.8. The van der Waals surface area contributed by atoms with E-state index in [1.165, 1.54) is 5.56 Å². The highest BCUT2D eigenvalue weighted by atomic mass is 19.4. The van der Waals surface area contributed by atoms with Gasteiger partial charge in [0, 0.05) is 50.2 Å². The summed E-state index contributed by atoms with van der Waals surface area (Å²) in [6, 6.07) is 14.5. The Labute approximate surface area is 198 Å². The number of hydrogen-bond donors (Lipinski definition) is 1. The van der Waals surface area contributed by atoms with Crippen molar-refractivity contribution >= 4 is 11.5 Å². The number of aromatic nitrogens is 5. The van der Waals surface area contributed by atoms with E-state index in [1.54, 1.807) is 0 Å². The van der Waals surface area contributed by atoms with E-state index in [0.717, 1.165) is 42.0 Å². The smallest absolute Gasteiger partial charge is 0.475 e. The van der Waals surface area contributed by atoms with E-state index < -0.39 is 12.1 Å². The number of ether oxygens (including phenoxy) is 1. The molecule has 1 unspecified atom stereocenters. The number of pyridine rings is 1. The molecule has 1 aliphatic rings. The molecule has 1 N–H and O–H groups in total. The van der Waals surface area contributed by atoms with Crippen molar-refractivity contribution in [1.82, 2.24) is 29.5 Å². The lowest BCUT2D eigenvalue weighted by Crippen LogP contribution is -2.38. The minimum atomic E-state index is -5.08. The Balaban J connectivity index is 0.000000364. The average molecular weight is 488 g/mol. The number of nitrogens with zero attached hydrogens (tertiary/aromatic N) is 6. The van der Waals surface area contributed by atoms with Crippen LogP contribution >= 0.6 is 0 Å². The number of rotatable bonds is 4. The minimum Gasteiger partial charge on any atom is -0.475 e. The van der Waals surface area contributed by atoms with Crippen LogP contribution in [0.4, 0.5) is 13.2 Å². The standard InChI is InChI=1S/C21H22N6O.C2HF3O2/c1-25-12-16(11-22-25)13-26-9-10-28-20(15-26)21-19-8-7-18(14-27(19)24-23-21)17-5-3-2-4-6-17;3-2(4,5)1(6)7/h2-8,11-12,14,20H,9-10,13,15H2,1H3;(H,6,7). The van der Waals surface area contributed by atoms with Crippen molar-refractivity contribution in [2.75, 3.05) is 19.7 Å². The molecule has 35 heavy (non-hydrogen) atoms. The predicted octanol–water partition coefficient (Wildman–Crippen LogP) is 3.34. The summed E-state index contributed by atoms with van der Waals surface area (Å²) < 4.78 is 41.5. The maximum atomic E-state index is 10.6. The van der Waals surface area contributed by atoms with Gasteiger partial charge in [-0.2, -0.15) is 18.3 Å². The van der Waals surface area contributed by atoms with Crippen LogP contribution in [0.2, 0.25) is 0 Å². The molecule has 9 nitrogen and oxygen atoms in total. The van der Waals surface area contributed by atoms with Gasteiger partial charge in [-0.15, -0.1) is 5.10 Å². The first-order chi connectivity index (χ1) is 16.7. The number of morpholine rings is 1. The Kier molecular flexibility index (Phi) is 7.12. The molecular weight excluding hydrogens is 465 g/mol. The van der Waals surface area contributed by atoms with Crippen molar-refractivity contribution in [3.8, 4) is 11.1 Å². The van der Waals surface area contributed by atoms with Gasteiger partial charge in [0.1, 0.15) is 11.8 Å². The zero-order valence-electron chi connectivity index (χ0n) is 18.8. The third-order valence-electron chi connectivity index (χ3n) is 5.41. The number of carbonyl (C=O) groups is 1. The first-order valence-corrected chi connectivity index (χ1v) is 10.7. The number of aliphatic carboxylic acids is 1. The largest absolute Gasteiger partial charge is 0.490 e. The molecule has 0 bridgehead atoms. The summed E-state index contributed by atoms with van der Waals surface area (Å²) in [5.74, 6) is -2.76. The maximum Gasteiger partial charge on any atom is 0.490 e. The predicted molar refractivity (Wildman–Crippen MR) is 119 cm³/mol. The summed E-state index contributed by atoms with van der Waals surface area (Å²) in [5, 5.41) is 20.2. The fourth-order valence-electron chi connectivity index (χ4n) is 3.77. The number of carboxylic acids is 1. The van der Waals surface area contributed by atoms with Gasteiger partial charge < -0.3 is 9.84 Å². The molecule has 4 aromatic rings. The van der Waals surface area contributed by atoms with Crippen LogP contribution in [0.1, 0.15) is 17.4 Å². The number of fused-ring (bicyclic) bond motifs is 1. The molecule has 0 aliphatic carbocycles. The highest BCUT2D eigenvalue weighted by molar-refractivity contribution is 5.73. The van der Waals surface area contributed by atoms with E-state index in [4.69, 9.17) is 14.6 Å².